The molecule has 0 radical (unpaired) electrons. The van der Waals surface area contributed by atoms with Gasteiger partial charge in [-0.1, -0.05) is 35.9 Å². The number of benzene rings is 1. The van der Waals surface area contributed by atoms with E-state index >= 15 is 0 Å². The maximum absolute atomic E-state index is 6.00. The molecule has 1 aromatic heterocycles. The van der Waals surface area contributed by atoms with Crippen LogP contribution in [0.2, 0.25) is 5.02 Å². The molecular weight excluding hydrogens is 254 g/mol. The minimum absolute atomic E-state index is 0.731. The Labute approximate surface area is 110 Å². The van der Waals surface area contributed by atoms with Gasteiger partial charge in [0.2, 0.25) is 0 Å². The van der Waals surface area contributed by atoms with Crippen molar-refractivity contribution in [3.63, 3.8) is 0 Å². The monoisotopic (exact) mass is 267 g/mol. The van der Waals surface area contributed by atoms with Crippen molar-refractivity contribution in [3.05, 3.63) is 33.8 Å². The number of hydrogen-bond acceptors (Lipinski definition) is 4. The van der Waals surface area contributed by atoms with Gasteiger partial charge in [-0.2, -0.15) is 0 Å². The van der Waals surface area contributed by atoms with Gasteiger partial charge in [0.25, 0.3) is 0 Å². The van der Waals surface area contributed by atoms with Crippen molar-refractivity contribution in [2.24, 2.45) is 0 Å². The van der Waals surface area contributed by atoms with E-state index in [0.717, 1.165) is 33.7 Å². The first kappa shape index (κ1) is 12.5. The van der Waals surface area contributed by atoms with Crippen molar-refractivity contribution < 1.29 is 0 Å². The van der Waals surface area contributed by atoms with Crippen LogP contribution >= 0.6 is 22.9 Å². The summed E-state index contributed by atoms with van der Waals surface area (Å²) in [5.74, 6) is 0. The lowest BCUT2D eigenvalue weighted by molar-refractivity contribution is 0.715. The summed E-state index contributed by atoms with van der Waals surface area (Å²) in [4.78, 5) is 0. The van der Waals surface area contributed by atoms with E-state index in [1.807, 2.05) is 18.2 Å². The molecule has 1 aromatic carbocycles. The molecule has 2 aromatic rings. The lowest BCUT2D eigenvalue weighted by atomic mass is 10.1. The van der Waals surface area contributed by atoms with Gasteiger partial charge in [0, 0.05) is 17.1 Å². The van der Waals surface area contributed by atoms with Crippen LogP contribution in [0.5, 0.6) is 0 Å². The lowest BCUT2D eigenvalue weighted by Gasteiger charge is -2.01. The highest BCUT2D eigenvalue weighted by Gasteiger charge is 2.09. The molecule has 90 valence electrons. The summed E-state index contributed by atoms with van der Waals surface area (Å²) in [6.07, 6.45) is 0. The largest absolute Gasteiger partial charge is 0.311 e. The standard InChI is InChI=1S/C12H14ClN3S/c1-3-14-7-11-15-16-12(17-11)10-6-9(13)5-4-8(10)2/h4-6,14H,3,7H2,1-2H3. The van der Waals surface area contributed by atoms with E-state index in [1.165, 1.54) is 5.56 Å². The smallest absolute Gasteiger partial charge is 0.148 e. The average molecular weight is 268 g/mol. The number of aromatic nitrogens is 2. The minimum atomic E-state index is 0.731. The predicted molar refractivity (Wildman–Crippen MR) is 72.5 cm³/mol. The Morgan fingerprint density at radius 3 is 2.94 bits per heavy atom. The van der Waals surface area contributed by atoms with Crippen LogP contribution in [0.1, 0.15) is 17.5 Å². The quantitative estimate of drug-likeness (QED) is 0.924. The Kier molecular flexibility index (Phi) is 4.10. The fourth-order valence-corrected chi connectivity index (χ4v) is 2.55. The molecule has 0 spiro atoms. The third-order valence-corrected chi connectivity index (χ3v) is 3.61. The Morgan fingerprint density at radius 2 is 2.18 bits per heavy atom. The normalized spacial score (nSPS) is 10.8. The highest BCUT2D eigenvalue weighted by atomic mass is 35.5. The van der Waals surface area contributed by atoms with E-state index in [9.17, 15) is 0 Å². The van der Waals surface area contributed by atoms with Crippen LogP contribution in [0.3, 0.4) is 0 Å². The fraction of sp³-hybridized carbons (Fsp3) is 0.333. The molecule has 0 fully saturated rings. The van der Waals surface area contributed by atoms with Crippen molar-refractivity contribution in [1.29, 1.82) is 0 Å². The average Bonchev–Trinajstić information content (AvgIpc) is 2.78. The molecular formula is C12H14ClN3S. The summed E-state index contributed by atoms with van der Waals surface area (Å²) < 4.78 is 0. The number of hydrogen-bond donors (Lipinski definition) is 1. The van der Waals surface area contributed by atoms with E-state index in [4.69, 9.17) is 11.6 Å². The summed E-state index contributed by atoms with van der Waals surface area (Å²) in [5, 5.41) is 14.3. The van der Waals surface area contributed by atoms with Crippen molar-refractivity contribution >= 4 is 22.9 Å². The summed E-state index contributed by atoms with van der Waals surface area (Å²) in [5.41, 5.74) is 2.23. The van der Waals surface area contributed by atoms with Crippen molar-refractivity contribution in [3.8, 4) is 10.6 Å². The molecule has 17 heavy (non-hydrogen) atoms. The molecule has 0 saturated carbocycles. The third kappa shape index (κ3) is 3.03. The van der Waals surface area contributed by atoms with Crippen LogP contribution in [0, 0.1) is 6.92 Å². The maximum atomic E-state index is 6.00. The van der Waals surface area contributed by atoms with Gasteiger partial charge in [-0.25, -0.2) is 0 Å². The highest BCUT2D eigenvalue weighted by molar-refractivity contribution is 7.14. The molecule has 0 unspecified atom stereocenters. The summed E-state index contributed by atoms with van der Waals surface area (Å²) in [6.45, 7) is 5.83. The molecule has 0 aliphatic rings. The van der Waals surface area contributed by atoms with E-state index < -0.39 is 0 Å². The second-order valence-corrected chi connectivity index (χ2v) is 5.24. The van der Waals surface area contributed by atoms with Crippen molar-refractivity contribution in [2.75, 3.05) is 6.54 Å². The number of nitrogens with zero attached hydrogens (tertiary/aromatic N) is 2. The van der Waals surface area contributed by atoms with Crippen molar-refractivity contribution in [2.45, 2.75) is 20.4 Å². The number of halogens is 1. The van der Waals surface area contributed by atoms with Gasteiger partial charge in [0.1, 0.15) is 10.0 Å². The zero-order chi connectivity index (χ0) is 12.3. The molecule has 0 saturated heterocycles. The Morgan fingerprint density at radius 1 is 1.35 bits per heavy atom. The number of aryl methyl sites for hydroxylation is 1. The maximum Gasteiger partial charge on any atom is 0.148 e. The van der Waals surface area contributed by atoms with Crippen LogP contribution < -0.4 is 5.32 Å². The number of rotatable bonds is 4. The molecule has 0 aliphatic heterocycles. The van der Waals surface area contributed by atoms with E-state index in [1.54, 1.807) is 11.3 Å². The Balaban J connectivity index is 2.27. The summed E-state index contributed by atoms with van der Waals surface area (Å²) in [6, 6.07) is 5.83. The van der Waals surface area contributed by atoms with Gasteiger partial charge >= 0.3 is 0 Å². The van der Waals surface area contributed by atoms with Gasteiger partial charge in [-0.05, 0) is 31.2 Å². The second kappa shape index (κ2) is 5.58. The van der Waals surface area contributed by atoms with Crippen LogP contribution in [0.15, 0.2) is 18.2 Å². The topological polar surface area (TPSA) is 37.8 Å². The molecule has 0 atom stereocenters. The van der Waals surface area contributed by atoms with E-state index in [0.29, 0.717) is 0 Å². The van der Waals surface area contributed by atoms with Crippen LogP contribution in [0.25, 0.3) is 10.6 Å². The molecule has 2 rings (SSSR count). The van der Waals surface area contributed by atoms with E-state index in [2.05, 4.69) is 29.4 Å². The highest BCUT2D eigenvalue weighted by Crippen LogP contribution is 2.28. The first-order valence-corrected chi connectivity index (χ1v) is 6.69. The van der Waals surface area contributed by atoms with Crippen molar-refractivity contribution in [1.82, 2.24) is 15.5 Å². The predicted octanol–water partition coefficient (Wildman–Crippen LogP) is 3.28. The first-order chi connectivity index (χ1) is 8.20. The fourth-order valence-electron chi connectivity index (χ4n) is 1.49. The third-order valence-electron chi connectivity index (χ3n) is 2.42. The summed E-state index contributed by atoms with van der Waals surface area (Å²) >= 11 is 7.61. The molecule has 0 aliphatic carbocycles. The number of nitrogens with one attached hydrogen (secondary N) is 1. The SMILES string of the molecule is CCNCc1nnc(-c2cc(Cl)ccc2C)s1. The molecule has 1 heterocycles. The van der Waals surface area contributed by atoms with Crippen LogP contribution in [-0.2, 0) is 6.54 Å². The van der Waals surface area contributed by atoms with Gasteiger partial charge in [0.05, 0.1) is 0 Å². The Bertz CT molecular complexity index is 510. The lowest BCUT2D eigenvalue weighted by Crippen LogP contribution is -2.11. The molecule has 0 bridgehead atoms. The van der Waals surface area contributed by atoms with Crippen LogP contribution in [-0.4, -0.2) is 16.7 Å². The van der Waals surface area contributed by atoms with Gasteiger partial charge < -0.3 is 5.32 Å². The van der Waals surface area contributed by atoms with Crippen LogP contribution in [0.4, 0.5) is 0 Å². The van der Waals surface area contributed by atoms with E-state index in [-0.39, 0.29) is 0 Å². The molecule has 0 amide bonds. The minimum Gasteiger partial charge on any atom is -0.311 e. The Hall–Kier alpha value is -0.970. The first-order valence-electron chi connectivity index (χ1n) is 5.50. The van der Waals surface area contributed by atoms with Gasteiger partial charge in [0.15, 0.2) is 0 Å². The molecule has 3 nitrogen and oxygen atoms in total. The van der Waals surface area contributed by atoms with Gasteiger partial charge in [-0.15, -0.1) is 10.2 Å². The summed E-state index contributed by atoms with van der Waals surface area (Å²) in [7, 11) is 0. The zero-order valence-electron chi connectivity index (χ0n) is 9.83. The second-order valence-electron chi connectivity index (χ2n) is 3.74. The zero-order valence-corrected chi connectivity index (χ0v) is 11.4. The molecule has 5 heteroatoms. The van der Waals surface area contributed by atoms with Gasteiger partial charge in [-0.3, -0.25) is 0 Å². The molecule has 1 N–H and O–H groups in total.